The van der Waals surface area contributed by atoms with Gasteiger partial charge in [-0.1, -0.05) is 74.0 Å². The maximum atomic E-state index is 13.6. The largest absolute Gasteiger partial charge is 0.358 e. The number of aromatic amines is 1. The molecule has 3 aromatic rings. The highest BCUT2D eigenvalue weighted by Crippen LogP contribution is 2.36. The zero-order valence-electron chi connectivity index (χ0n) is 21.8. The first-order chi connectivity index (χ1) is 17.9. The number of halogens is 3. The smallest absolute Gasteiger partial charge is 0.198 e. The highest BCUT2D eigenvalue weighted by Gasteiger charge is 2.29. The number of fused-ring (bicyclic) bond motifs is 2. The van der Waals surface area contributed by atoms with Crippen molar-refractivity contribution in [1.82, 2.24) is 9.88 Å². The van der Waals surface area contributed by atoms with E-state index in [4.69, 9.17) is 39.8 Å². The van der Waals surface area contributed by atoms with Gasteiger partial charge in [0.05, 0.1) is 5.56 Å². The second-order valence-electron chi connectivity index (χ2n) is 9.89. The van der Waals surface area contributed by atoms with Crippen LogP contribution in [0.25, 0.3) is 10.9 Å². The van der Waals surface area contributed by atoms with Crippen molar-refractivity contribution in [3.63, 3.8) is 0 Å². The van der Waals surface area contributed by atoms with E-state index in [1.54, 1.807) is 18.2 Å². The second kappa shape index (κ2) is 13.3. The minimum Gasteiger partial charge on any atom is -0.358 e. The first-order valence-corrected chi connectivity index (χ1v) is 14.6. The molecule has 1 aromatic heterocycles. The van der Waals surface area contributed by atoms with Crippen LogP contribution in [0.2, 0.25) is 15.1 Å². The van der Waals surface area contributed by atoms with Gasteiger partial charge in [-0.2, -0.15) is 0 Å². The molecule has 2 aromatic carbocycles. The molecule has 0 saturated heterocycles. The summed E-state index contributed by atoms with van der Waals surface area (Å²) in [5.74, 6) is 0.122. The lowest BCUT2D eigenvalue weighted by atomic mass is 9.80. The molecule has 0 bridgehead atoms. The number of benzene rings is 2. The van der Waals surface area contributed by atoms with Gasteiger partial charge in [0, 0.05) is 43.9 Å². The Hall–Kier alpha value is -1.85. The lowest BCUT2D eigenvalue weighted by Crippen LogP contribution is -2.28. The van der Waals surface area contributed by atoms with Crippen LogP contribution in [0.1, 0.15) is 75.1 Å². The van der Waals surface area contributed by atoms with Crippen LogP contribution in [0, 0.1) is 0 Å². The van der Waals surface area contributed by atoms with E-state index in [1.165, 1.54) is 25.8 Å². The molecule has 4 nitrogen and oxygen atoms in total. The molecule has 0 radical (unpaired) electrons. The topological polar surface area (TPSA) is 48.5 Å². The van der Waals surface area contributed by atoms with Crippen LogP contribution in [-0.2, 0) is 6.42 Å². The number of pyridine rings is 1. The third-order valence-electron chi connectivity index (χ3n) is 7.45. The fourth-order valence-corrected chi connectivity index (χ4v) is 6.08. The molecule has 198 valence electrons. The molecule has 0 amide bonds. The fraction of sp³-hybridized carbons (Fsp3) is 0.467. The van der Waals surface area contributed by atoms with Crippen molar-refractivity contribution in [2.24, 2.45) is 4.99 Å². The third-order valence-corrected chi connectivity index (χ3v) is 8.25. The Morgan fingerprint density at radius 3 is 2.38 bits per heavy atom. The summed E-state index contributed by atoms with van der Waals surface area (Å²) in [4.78, 5) is 24.6. The number of aliphatic imine (C=N–C) groups is 1. The summed E-state index contributed by atoms with van der Waals surface area (Å²) < 4.78 is 0. The highest BCUT2D eigenvalue weighted by atomic mass is 35.5. The minimum atomic E-state index is 0.00190. The number of nitrogens with one attached hydrogen (secondary N) is 1. The van der Waals surface area contributed by atoms with Crippen molar-refractivity contribution in [1.29, 1.82) is 0 Å². The first kappa shape index (κ1) is 28.2. The average molecular weight is 561 g/mol. The third kappa shape index (κ3) is 6.97. The van der Waals surface area contributed by atoms with Gasteiger partial charge in [-0.05, 0) is 87.1 Å². The second-order valence-corrected chi connectivity index (χ2v) is 11.2. The summed E-state index contributed by atoms with van der Waals surface area (Å²) in [6, 6.07) is 11.1. The van der Waals surface area contributed by atoms with E-state index in [0.29, 0.717) is 38.9 Å². The summed E-state index contributed by atoms with van der Waals surface area (Å²) >= 11 is 19.0. The zero-order valence-corrected chi connectivity index (χ0v) is 24.0. The van der Waals surface area contributed by atoms with Crippen LogP contribution < -0.4 is 5.43 Å². The fourth-order valence-electron chi connectivity index (χ4n) is 5.35. The first-order valence-electron chi connectivity index (χ1n) is 13.5. The molecule has 1 atom stereocenters. The van der Waals surface area contributed by atoms with Crippen molar-refractivity contribution in [2.75, 3.05) is 26.2 Å². The van der Waals surface area contributed by atoms with Crippen molar-refractivity contribution < 1.29 is 0 Å². The predicted octanol–water partition coefficient (Wildman–Crippen LogP) is 8.30. The Kier molecular flexibility index (Phi) is 10.1. The van der Waals surface area contributed by atoms with Gasteiger partial charge in [0.1, 0.15) is 0 Å². The number of unbranched alkanes of at least 4 members (excludes halogenated alkanes) is 4. The molecule has 7 heteroatoms. The van der Waals surface area contributed by atoms with Crippen LogP contribution in [0.4, 0.5) is 0 Å². The quantitative estimate of drug-likeness (QED) is 0.240. The van der Waals surface area contributed by atoms with E-state index in [1.807, 2.05) is 18.2 Å². The maximum Gasteiger partial charge on any atom is 0.198 e. The van der Waals surface area contributed by atoms with Crippen LogP contribution in [0.3, 0.4) is 0 Å². The molecular formula is C30H36Cl3N3O. The summed E-state index contributed by atoms with van der Waals surface area (Å²) in [5, 5.41) is 2.43. The molecule has 1 aliphatic carbocycles. The molecule has 0 aliphatic heterocycles. The molecule has 0 spiro atoms. The van der Waals surface area contributed by atoms with E-state index < -0.39 is 0 Å². The van der Waals surface area contributed by atoms with Crippen molar-refractivity contribution in [3.05, 3.63) is 78.5 Å². The van der Waals surface area contributed by atoms with Gasteiger partial charge in [-0.15, -0.1) is 0 Å². The minimum absolute atomic E-state index is 0.00190. The van der Waals surface area contributed by atoms with Gasteiger partial charge in [0.2, 0.25) is 0 Å². The number of nitrogens with zero attached hydrogens (tertiary/aromatic N) is 2. The van der Waals surface area contributed by atoms with Gasteiger partial charge >= 0.3 is 0 Å². The Balaban J connectivity index is 1.52. The number of aromatic nitrogens is 1. The standard InChI is InChI=1S/C30H36Cl3N3O/c1-3-36(4-2)15-9-7-5-6-8-14-34-27-16-20(23-12-10-22(32)19-25(23)33)17-28-29(27)30(37)24-18-21(31)11-13-26(24)35-28/h10-13,18-20H,3-9,14-17H2,1-2H3,(H,35,37). The van der Waals surface area contributed by atoms with Gasteiger partial charge in [0.15, 0.2) is 5.43 Å². The molecule has 4 rings (SSSR count). The molecule has 37 heavy (non-hydrogen) atoms. The van der Waals surface area contributed by atoms with Gasteiger partial charge in [-0.25, -0.2) is 0 Å². The van der Waals surface area contributed by atoms with E-state index >= 15 is 0 Å². The van der Waals surface area contributed by atoms with Gasteiger partial charge < -0.3 is 9.88 Å². The molecule has 1 aliphatic rings. The number of H-pyrrole nitrogens is 1. The normalized spacial score (nSPS) is 16.6. The summed E-state index contributed by atoms with van der Waals surface area (Å²) in [6.07, 6.45) is 7.25. The van der Waals surface area contributed by atoms with E-state index in [-0.39, 0.29) is 11.3 Å². The van der Waals surface area contributed by atoms with Crippen molar-refractivity contribution in [2.45, 2.75) is 64.7 Å². The SMILES string of the molecule is CCN(CC)CCCCCCCN=C1CC(c2ccc(Cl)cc2Cl)Cc2[nH]c3ccc(Cl)cc3c(=O)c21. The van der Waals surface area contributed by atoms with Crippen LogP contribution >= 0.6 is 34.8 Å². The molecule has 0 saturated carbocycles. The average Bonchev–Trinajstić information content (AvgIpc) is 2.88. The van der Waals surface area contributed by atoms with E-state index in [2.05, 4.69) is 23.7 Å². The number of rotatable bonds is 11. The zero-order chi connectivity index (χ0) is 26.4. The van der Waals surface area contributed by atoms with Crippen LogP contribution in [0.15, 0.2) is 46.2 Å². The molecule has 1 unspecified atom stereocenters. The molecule has 1 heterocycles. The lowest BCUT2D eigenvalue weighted by molar-refractivity contribution is 0.295. The van der Waals surface area contributed by atoms with E-state index in [0.717, 1.165) is 55.0 Å². The summed E-state index contributed by atoms with van der Waals surface area (Å²) in [5.41, 5.74) is 4.31. The maximum absolute atomic E-state index is 13.6. The van der Waals surface area contributed by atoms with Crippen molar-refractivity contribution in [3.8, 4) is 0 Å². The number of hydrogen-bond acceptors (Lipinski definition) is 3. The lowest BCUT2D eigenvalue weighted by Gasteiger charge is -2.27. The van der Waals surface area contributed by atoms with E-state index in [9.17, 15) is 4.79 Å². The Morgan fingerprint density at radius 1 is 0.919 bits per heavy atom. The molecule has 0 fully saturated rings. The molecule has 1 N–H and O–H groups in total. The van der Waals surface area contributed by atoms with Gasteiger partial charge in [0.25, 0.3) is 0 Å². The Labute approximate surface area is 235 Å². The number of hydrogen-bond donors (Lipinski definition) is 1. The highest BCUT2D eigenvalue weighted by molar-refractivity contribution is 6.35. The van der Waals surface area contributed by atoms with Crippen molar-refractivity contribution >= 4 is 51.4 Å². The Morgan fingerprint density at radius 2 is 1.62 bits per heavy atom. The summed E-state index contributed by atoms with van der Waals surface area (Å²) in [7, 11) is 0. The predicted molar refractivity (Wildman–Crippen MR) is 159 cm³/mol. The molecular weight excluding hydrogens is 525 g/mol. The summed E-state index contributed by atoms with van der Waals surface area (Å²) in [6.45, 7) is 8.59. The Bertz CT molecular complexity index is 1310. The van der Waals surface area contributed by atoms with Crippen LogP contribution in [0.5, 0.6) is 0 Å². The monoisotopic (exact) mass is 559 g/mol. The van der Waals surface area contributed by atoms with Crippen LogP contribution in [-0.4, -0.2) is 41.8 Å². The van der Waals surface area contributed by atoms with Gasteiger partial charge in [-0.3, -0.25) is 9.79 Å².